The molecule has 5 heteroatoms. The molecule has 18 heavy (non-hydrogen) atoms. The van der Waals surface area contributed by atoms with E-state index in [1.165, 1.54) is 0 Å². The van der Waals surface area contributed by atoms with E-state index in [4.69, 9.17) is 4.74 Å². The van der Waals surface area contributed by atoms with E-state index in [-0.39, 0.29) is 24.3 Å². The van der Waals surface area contributed by atoms with E-state index in [1.54, 1.807) is 6.07 Å². The minimum Gasteiger partial charge on any atom is -0.378 e. The average Bonchev–Trinajstić information content (AvgIpc) is 2.38. The molecule has 1 N–H and O–H groups in total. The Morgan fingerprint density at radius 2 is 2.00 bits per heavy atom. The van der Waals surface area contributed by atoms with Crippen LogP contribution in [0.2, 0.25) is 0 Å². The van der Waals surface area contributed by atoms with Crippen molar-refractivity contribution in [2.24, 2.45) is 0 Å². The molecule has 1 aromatic rings. The van der Waals surface area contributed by atoms with Crippen molar-refractivity contribution in [3.05, 3.63) is 29.6 Å². The normalized spacial score (nSPS) is 17.2. The smallest absolute Gasteiger partial charge is 0.146 e. The Bertz CT molecular complexity index is 383. The van der Waals surface area contributed by atoms with Gasteiger partial charge in [0.15, 0.2) is 0 Å². The van der Waals surface area contributed by atoms with Gasteiger partial charge in [-0.05, 0) is 31.7 Å². The quantitative estimate of drug-likeness (QED) is 0.916. The van der Waals surface area contributed by atoms with E-state index in [9.17, 15) is 4.39 Å². The molecule has 1 aromatic carbocycles. The zero-order valence-corrected chi connectivity index (χ0v) is 11.6. The molecule has 0 radical (unpaired) electrons. The zero-order valence-electron chi connectivity index (χ0n) is 10.8. The Hall–Kier alpha value is -0.840. The highest BCUT2D eigenvalue weighted by molar-refractivity contribution is 5.85. The minimum absolute atomic E-state index is 0. The van der Waals surface area contributed by atoms with Crippen LogP contribution in [-0.4, -0.2) is 33.4 Å². The molecule has 1 unspecified atom stereocenters. The minimum atomic E-state index is -0.147. The van der Waals surface area contributed by atoms with Crippen molar-refractivity contribution in [1.82, 2.24) is 5.32 Å². The SMILES string of the molecule is CNC(C)c1ccc(N2CCOCC2)c(F)c1.Cl. The summed E-state index contributed by atoms with van der Waals surface area (Å²) < 4.78 is 19.3. The van der Waals surface area contributed by atoms with Gasteiger partial charge >= 0.3 is 0 Å². The first-order valence-corrected chi connectivity index (χ1v) is 6.02. The highest BCUT2D eigenvalue weighted by Gasteiger charge is 2.16. The third-order valence-corrected chi connectivity index (χ3v) is 3.26. The number of hydrogen-bond acceptors (Lipinski definition) is 3. The van der Waals surface area contributed by atoms with Crippen molar-refractivity contribution in [2.45, 2.75) is 13.0 Å². The molecule has 102 valence electrons. The average molecular weight is 275 g/mol. The van der Waals surface area contributed by atoms with Gasteiger partial charge < -0.3 is 15.0 Å². The molecule has 1 aliphatic rings. The second kappa shape index (κ2) is 6.92. The molecule has 0 bridgehead atoms. The number of hydrogen-bond donors (Lipinski definition) is 1. The molecule has 1 fully saturated rings. The highest BCUT2D eigenvalue weighted by Crippen LogP contribution is 2.24. The molecule has 2 rings (SSSR count). The summed E-state index contributed by atoms with van der Waals surface area (Å²) in [6.45, 7) is 4.89. The summed E-state index contributed by atoms with van der Waals surface area (Å²) in [4.78, 5) is 2.03. The number of anilines is 1. The van der Waals surface area contributed by atoms with Gasteiger partial charge in [-0.15, -0.1) is 12.4 Å². The van der Waals surface area contributed by atoms with Gasteiger partial charge in [0.1, 0.15) is 5.82 Å². The van der Waals surface area contributed by atoms with Crippen LogP contribution < -0.4 is 10.2 Å². The number of ether oxygens (including phenoxy) is 1. The molecular weight excluding hydrogens is 255 g/mol. The van der Waals surface area contributed by atoms with Crippen LogP contribution >= 0.6 is 12.4 Å². The Labute approximate surface area is 114 Å². The summed E-state index contributed by atoms with van der Waals surface area (Å²) in [6.07, 6.45) is 0. The van der Waals surface area contributed by atoms with Crippen LogP contribution in [-0.2, 0) is 4.74 Å². The standard InChI is InChI=1S/C13H19FN2O.ClH/c1-10(15-2)11-3-4-13(12(14)9-11)16-5-7-17-8-6-16;/h3-4,9-10,15H,5-8H2,1-2H3;1H. The van der Waals surface area contributed by atoms with Crippen molar-refractivity contribution >= 4 is 18.1 Å². The predicted molar refractivity (Wildman–Crippen MR) is 74.2 cm³/mol. The molecule has 0 spiro atoms. The molecular formula is C13H20ClFN2O. The lowest BCUT2D eigenvalue weighted by Crippen LogP contribution is -2.36. The van der Waals surface area contributed by atoms with E-state index >= 15 is 0 Å². The van der Waals surface area contributed by atoms with Gasteiger partial charge in [-0.2, -0.15) is 0 Å². The number of nitrogens with zero attached hydrogens (tertiary/aromatic N) is 1. The Balaban J connectivity index is 0.00000162. The number of benzene rings is 1. The maximum absolute atomic E-state index is 14.0. The Kier molecular flexibility index (Phi) is 5.85. The lowest BCUT2D eigenvalue weighted by atomic mass is 10.1. The fourth-order valence-electron chi connectivity index (χ4n) is 2.02. The molecule has 0 aromatic heterocycles. The predicted octanol–water partition coefficient (Wildman–Crippen LogP) is 2.36. The molecule has 3 nitrogen and oxygen atoms in total. The molecule has 1 atom stereocenters. The molecule has 0 saturated carbocycles. The first-order chi connectivity index (χ1) is 8.22. The van der Waals surface area contributed by atoms with Crippen molar-refractivity contribution in [1.29, 1.82) is 0 Å². The largest absolute Gasteiger partial charge is 0.378 e. The molecule has 0 amide bonds. The number of nitrogens with one attached hydrogen (secondary N) is 1. The van der Waals surface area contributed by atoms with Gasteiger partial charge in [0, 0.05) is 19.1 Å². The lowest BCUT2D eigenvalue weighted by Gasteiger charge is -2.29. The van der Waals surface area contributed by atoms with Crippen molar-refractivity contribution in [3.8, 4) is 0 Å². The van der Waals surface area contributed by atoms with Gasteiger partial charge in [0.25, 0.3) is 0 Å². The van der Waals surface area contributed by atoms with Crippen molar-refractivity contribution in [2.75, 3.05) is 38.3 Å². The lowest BCUT2D eigenvalue weighted by molar-refractivity contribution is 0.122. The molecule has 1 aliphatic heterocycles. The first kappa shape index (κ1) is 15.2. The van der Waals surface area contributed by atoms with Crippen LogP contribution in [0.3, 0.4) is 0 Å². The summed E-state index contributed by atoms with van der Waals surface area (Å²) in [5, 5.41) is 3.11. The van der Waals surface area contributed by atoms with Crippen LogP contribution in [0.25, 0.3) is 0 Å². The first-order valence-electron chi connectivity index (χ1n) is 6.02. The Morgan fingerprint density at radius 3 is 2.56 bits per heavy atom. The fourth-order valence-corrected chi connectivity index (χ4v) is 2.02. The molecule has 1 heterocycles. The third-order valence-electron chi connectivity index (χ3n) is 3.26. The Morgan fingerprint density at radius 1 is 1.33 bits per heavy atom. The molecule has 1 saturated heterocycles. The molecule has 0 aliphatic carbocycles. The third kappa shape index (κ3) is 3.34. The summed E-state index contributed by atoms with van der Waals surface area (Å²) in [5.41, 5.74) is 1.65. The van der Waals surface area contributed by atoms with Crippen LogP contribution in [0, 0.1) is 5.82 Å². The van der Waals surface area contributed by atoms with Gasteiger partial charge in [0.05, 0.1) is 18.9 Å². The highest BCUT2D eigenvalue weighted by atomic mass is 35.5. The van der Waals surface area contributed by atoms with E-state index in [0.29, 0.717) is 18.9 Å². The van der Waals surface area contributed by atoms with Gasteiger partial charge in [-0.3, -0.25) is 0 Å². The van der Waals surface area contributed by atoms with E-state index in [2.05, 4.69) is 5.32 Å². The van der Waals surface area contributed by atoms with Crippen LogP contribution in [0.1, 0.15) is 18.5 Å². The maximum Gasteiger partial charge on any atom is 0.146 e. The van der Waals surface area contributed by atoms with Crippen LogP contribution in [0.15, 0.2) is 18.2 Å². The topological polar surface area (TPSA) is 24.5 Å². The van der Waals surface area contributed by atoms with Crippen LogP contribution in [0.4, 0.5) is 10.1 Å². The number of morpholine rings is 1. The van der Waals surface area contributed by atoms with E-state index < -0.39 is 0 Å². The summed E-state index contributed by atoms with van der Waals surface area (Å²) in [6, 6.07) is 5.63. The van der Waals surface area contributed by atoms with E-state index in [0.717, 1.165) is 18.7 Å². The van der Waals surface area contributed by atoms with Crippen LogP contribution in [0.5, 0.6) is 0 Å². The zero-order chi connectivity index (χ0) is 12.3. The summed E-state index contributed by atoms with van der Waals surface area (Å²) in [7, 11) is 1.87. The van der Waals surface area contributed by atoms with Crippen molar-refractivity contribution in [3.63, 3.8) is 0 Å². The number of halogens is 2. The second-order valence-electron chi connectivity index (χ2n) is 4.32. The van der Waals surface area contributed by atoms with Gasteiger partial charge in [-0.25, -0.2) is 4.39 Å². The second-order valence-corrected chi connectivity index (χ2v) is 4.32. The summed E-state index contributed by atoms with van der Waals surface area (Å²) >= 11 is 0. The number of rotatable bonds is 3. The van der Waals surface area contributed by atoms with Gasteiger partial charge in [-0.1, -0.05) is 6.07 Å². The van der Waals surface area contributed by atoms with E-state index in [1.807, 2.05) is 31.0 Å². The fraction of sp³-hybridized carbons (Fsp3) is 0.538. The summed E-state index contributed by atoms with van der Waals surface area (Å²) in [5.74, 6) is -0.147. The maximum atomic E-state index is 14.0. The monoisotopic (exact) mass is 274 g/mol. The van der Waals surface area contributed by atoms with Gasteiger partial charge in [0.2, 0.25) is 0 Å². The van der Waals surface area contributed by atoms with Crippen molar-refractivity contribution < 1.29 is 9.13 Å².